The number of H-pyrrole nitrogens is 2. The number of carbonyl (C=O) groups excluding carboxylic acids is 2. The first-order valence-corrected chi connectivity index (χ1v) is 10.5. The first-order valence-electron chi connectivity index (χ1n) is 10.5. The molecule has 2 N–H and O–H groups in total. The highest BCUT2D eigenvalue weighted by atomic mass is 16.5. The average molecular weight is 405 g/mol. The van der Waals surface area contributed by atoms with Crippen molar-refractivity contribution in [3.05, 3.63) is 53.0 Å². The van der Waals surface area contributed by atoms with Gasteiger partial charge in [-0.1, -0.05) is 18.2 Å². The Kier molecular flexibility index (Phi) is 3.95. The van der Waals surface area contributed by atoms with Gasteiger partial charge in [0.25, 0.3) is 11.8 Å². The van der Waals surface area contributed by atoms with Crippen molar-refractivity contribution in [2.45, 2.75) is 13.0 Å². The second kappa shape index (κ2) is 6.70. The number of para-hydroxylation sites is 1. The molecule has 6 rings (SSSR count). The number of rotatable bonds is 2. The van der Waals surface area contributed by atoms with Crippen LogP contribution < -0.4 is 0 Å². The van der Waals surface area contributed by atoms with Crippen LogP contribution in [-0.4, -0.2) is 69.6 Å². The topological polar surface area (TPSA) is 94.3 Å². The summed E-state index contributed by atoms with van der Waals surface area (Å²) in [6.07, 6.45) is 0.667. The van der Waals surface area contributed by atoms with Crippen LogP contribution in [0.25, 0.3) is 10.9 Å². The monoisotopic (exact) mass is 405 g/mol. The largest absolute Gasteiger partial charge is 0.381 e. The van der Waals surface area contributed by atoms with E-state index >= 15 is 0 Å². The SMILES string of the molecule is O=C(c1cc2ccccc2[nH]1)N1CCc2[nH]nc(C(=O)N3CC4COCC4C3)c2C1. The summed E-state index contributed by atoms with van der Waals surface area (Å²) in [5.41, 5.74) is 3.79. The van der Waals surface area contributed by atoms with E-state index in [1.54, 1.807) is 4.90 Å². The molecule has 5 heterocycles. The van der Waals surface area contributed by atoms with Gasteiger partial charge in [0.15, 0.2) is 5.69 Å². The molecule has 8 heteroatoms. The molecule has 2 unspecified atom stereocenters. The van der Waals surface area contributed by atoms with Gasteiger partial charge in [0.05, 0.1) is 19.8 Å². The fourth-order valence-electron chi connectivity index (χ4n) is 5.01. The minimum absolute atomic E-state index is 0.0400. The van der Waals surface area contributed by atoms with E-state index in [0.717, 1.165) is 48.5 Å². The van der Waals surface area contributed by atoms with Gasteiger partial charge in [0.1, 0.15) is 5.69 Å². The summed E-state index contributed by atoms with van der Waals surface area (Å²) in [5, 5.41) is 8.39. The molecule has 154 valence electrons. The van der Waals surface area contributed by atoms with E-state index in [-0.39, 0.29) is 11.8 Å². The molecule has 3 aliphatic heterocycles. The van der Waals surface area contributed by atoms with E-state index in [4.69, 9.17) is 4.74 Å². The quantitative estimate of drug-likeness (QED) is 0.680. The van der Waals surface area contributed by atoms with Crippen LogP contribution >= 0.6 is 0 Å². The fraction of sp³-hybridized carbons (Fsp3) is 0.409. The summed E-state index contributed by atoms with van der Waals surface area (Å²) < 4.78 is 5.52. The van der Waals surface area contributed by atoms with Crippen LogP contribution in [0.3, 0.4) is 0 Å². The third-order valence-electron chi connectivity index (χ3n) is 6.71. The molecule has 2 saturated heterocycles. The molecule has 0 radical (unpaired) electrons. The molecule has 3 aliphatic rings. The summed E-state index contributed by atoms with van der Waals surface area (Å²) in [7, 11) is 0. The normalized spacial score (nSPS) is 23.1. The highest BCUT2D eigenvalue weighted by Gasteiger charge is 2.41. The predicted octanol–water partition coefficient (Wildman–Crippen LogP) is 1.81. The molecule has 30 heavy (non-hydrogen) atoms. The van der Waals surface area contributed by atoms with Crippen molar-refractivity contribution in [3.63, 3.8) is 0 Å². The van der Waals surface area contributed by atoms with Gasteiger partial charge in [0, 0.05) is 60.1 Å². The summed E-state index contributed by atoms with van der Waals surface area (Å²) in [6.45, 7) is 3.92. The molecular weight excluding hydrogens is 382 g/mol. The van der Waals surface area contributed by atoms with Crippen LogP contribution in [0.2, 0.25) is 0 Å². The third-order valence-corrected chi connectivity index (χ3v) is 6.71. The number of nitrogens with one attached hydrogen (secondary N) is 2. The standard InChI is InChI=1S/C22H23N5O3/c28-21(19-7-13-3-1-2-4-17(13)23-19)26-6-5-18-16(10-26)20(25-24-18)22(29)27-8-14-11-30-12-15(14)9-27/h1-4,7,14-15,23H,5-6,8-12H2,(H,24,25). The summed E-state index contributed by atoms with van der Waals surface area (Å²) in [4.78, 5) is 33.2. The van der Waals surface area contributed by atoms with Gasteiger partial charge in [-0.15, -0.1) is 0 Å². The third kappa shape index (κ3) is 2.74. The number of fused-ring (bicyclic) bond motifs is 3. The second-order valence-corrected chi connectivity index (χ2v) is 8.54. The number of hydrogen-bond donors (Lipinski definition) is 2. The first kappa shape index (κ1) is 17.7. The van der Waals surface area contributed by atoms with Crippen molar-refractivity contribution in [1.82, 2.24) is 25.0 Å². The number of nitrogens with zero attached hydrogens (tertiary/aromatic N) is 3. The minimum Gasteiger partial charge on any atom is -0.381 e. The van der Waals surface area contributed by atoms with Gasteiger partial charge >= 0.3 is 0 Å². The van der Waals surface area contributed by atoms with Gasteiger partial charge in [0.2, 0.25) is 0 Å². The minimum atomic E-state index is -0.0516. The Morgan fingerprint density at radius 2 is 1.87 bits per heavy atom. The van der Waals surface area contributed by atoms with Crippen LogP contribution in [0.4, 0.5) is 0 Å². The zero-order chi connectivity index (χ0) is 20.2. The molecule has 2 aromatic heterocycles. The maximum Gasteiger partial charge on any atom is 0.274 e. The Morgan fingerprint density at radius 3 is 2.67 bits per heavy atom. The maximum atomic E-state index is 13.2. The lowest BCUT2D eigenvalue weighted by Crippen LogP contribution is -2.37. The van der Waals surface area contributed by atoms with Crippen molar-refractivity contribution in [2.24, 2.45) is 11.8 Å². The molecule has 1 aromatic carbocycles. The van der Waals surface area contributed by atoms with Crippen LogP contribution in [0.15, 0.2) is 30.3 Å². The summed E-state index contributed by atoms with van der Waals surface area (Å²) in [5.74, 6) is 0.777. The number of likely N-dealkylation sites (tertiary alicyclic amines) is 1. The molecular formula is C22H23N5O3. The van der Waals surface area contributed by atoms with Gasteiger partial charge in [-0.2, -0.15) is 5.10 Å². The van der Waals surface area contributed by atoms with E-state index in [0.29, 0.717) is 42.7 Å². The van der Waals surface area contributed by atoms with E-state index in [1.165, 1.54) is 0 Å². The van der Waals surface area contributed by atoms with Gasteiger partial charge in [-0.05, 0) is 12.1 Å². The van der Waals surface area contributed by atoms with Crippen molar-refractivity contribution in [1.29, 1.82) is 0 Å². The van der Waals surface area contributed by atoms with Crippen molar-refractivity contribution >= 4 is 22.7 Å². The number of hydrogen-bond acceptors (Lipinski definition) is 4. The molecule has 0 bridgehead atoms. The second-order valence-electron chi connectivity index (χ2n) is 8.54. The highest BCUT2D eigenvalue weighted by molar-refractivity contribution is 5.98. The Labute approximate surface area is 173 Å². The predicted molar refractivity (Wildman–Crippen MR) is 109 cm³/mol. The van der Waals surface area contributed by atoms with Crippen LogP contribution in [0.1, 0.15) is 32.2 Å². The van der Waals surface area contributed by atoms with E-state index in [9.17, 15) is 9.59 Å². The summed E-state index contributed by atoms with van der Waals surface area (Å²) in [6, 6.07) is 9.74. The molecule has 0 spiro atoms. The number of aromatic amines is 2. The van der Waals surface area contributed by atoms with E-state index in [1.807, 2.05) is 35.2 Å². The van der Waals surface area contributed by atoms with Crippen molar-refractivity contribution in [3.8, 4) is 0 Å². The molecule has 0 aliphatic carbocycles. The molecule has 8 nitrogen and oxygen atoms in total. The molecule has 2 atom stereocenters. The smallest absolute Gasteiger partial charge is 0.274 e. The molecule has 2 fully saturated rings. The number of carbonyl (C=O) groups is 2. The Balaban J connectivity index is 1.23. The lowest BCUT2D eigenvalue weighted by atomic mass is 10.0. The Bertz CT molecular complexity index is 1100. The molecule has 0 saturated carbocycles. The lowest BCUT2D eigenvalue weighted by molar-refractivity contribution is 0.0708. The van der Waals surface area contributed by atoms with E-state index in [2.05, 4.69) is 15.2 Å². The number of benzene rings is 1. The molecule has 2 amide bonds. The zero-order valence-corrected chi connectivity index (χ0v) is 16.6. The Hall–Kier alpha value is -3.13. The fourth-order valence-corrected chi connectivity index (χ4v) is 5.01. The van der Waals surface area contributed by atoms with Crippen molar-refractivity contribution in [2.75, 3.05) is 32.8 Å². The lowest BCUT2D eigenvalue weighted by Gasteiger charge is -2.27. The number of aromatic nitrogens is 3. The Morgan fingerprint density at radius 1 is 1.07 bits per heavy atom. The van der Waals surface area contributed by atoms with Gasteiger partial charge in [-0.25, -0.2) is 0 Å². The van der Waals surface area contributed by atoms with Crippen LogP contribution in [0, 0.1) is 11.8 Å². The number of amides is 2. The van der Waals surface area contributed by atoms with E-state index < -0.39 is 0 Å². The molecule has 3 aromatic rings. The van der Waals surface area contributed by atoms with Gasteiger partial charge < -0.3 is 19.5 Å². The zero-order valence-electron chi connectivity index (χ0n) is 16.6. The van der Waals surface area contributed by atoms with Crippen molar-refractivity contribution < 1.29 is 14.3 Å². The maximum absolute atomic E-state index is 13.2. The van der Waals surface area contributed by atoms with Crippen LogP contribution in [0.5, 0.6) is 0 Å². The first-order chi connectivity index (χ1) is 14.7. The van der Waals surface area contributed by atoms with Gasteiger partial charge in [-0.3, -0.25) is 14.7 Å². The average Bonchev–Trinajstić information content (AvgIpc) is 3.53. The highest BCUT2D eigenvalue weighted by Crippen LogP contribution is 2.31. The van der Waals surface area contributed by atoms with Crippen LogP contribution in [-0.2, 0) is 17.7 Å². The summed E-state index contributed by atoms with van der Waals surface area (Å²) >= 11 is 0. The number of ether oxygens (including phenoxy) is 1.